The van der Waals surface area contributed by atoms with E-state index in [1.165, 1.54) is 22.2 Å². The summed E-state index contributed by atoms with van der Waals surface area (Å²) in [6.07, 6.45) is 3.13. The minimum atomic E-state index is -0.371. The van der Waals surface area contributed by atoms with E-state index in [9.17, 15) is 9.59 Å². The maximum Gasteiger partial charge on any atom is 0.263 e. The van der Waals surface area contributed by atoms with Gasteiger partial charge in [0.05, 0.1) is 10.6 Å². The Kier molecular flexibility index (Phi) is 5.79. The summed E-state index contributed by atoms with van der Waals surface area (Å²) >= 11 is 3.00. The van der Waals surface area contributed by atoms with E-state index in [-0.39, 0.29) is 16.7 Å². The number of aromatic nitrogens is 2. The molecule has 0 spiro atoms. The molecule has 1 amide bonds. The molecule has 1 aromatic carbocycles. The number of thioether (sulfide) groups is 1. The Bertz CT molecular complexity index is 1100. The average molecular weight is 428 g/mol. The van der Waals surface area contributed by atoms with Crippen LogP contribution in [0.2, 0.25) is 0 Å². The van der Waals surface area contributed by atoms with Gasteiger partial charge in [0.1, 0.15) is 4.83 Å². The molecule has 2 heterocycles. The number of nitrogens with one attached hydrogen (secondary N) is 1. The molecule has 2 aromatic heterocycles. The minimum Gasteiger partial charge on any atom is -0.325 e. The van der Waals surface area contributed by atoms with Gasteiger partial charge in [0.25, 0.3) is 5.56 Å². The lowest BCUT2D eigenvalue weighted by Crippen LogP contribution is -2.28. The van der Waals surface area contributed by atoms with Crippen molar-refractivity contribution in [3.8, 4) is 0 Å². The Labute approximate surface area is 178 Å². The summed E-state index contributed by atoms with van der Waals surface area (Å²) in [5.74, 6) is 0.215. The molecule has 1 aliphatic rings. The molecule has 0 saturated heterocycles. The zero-order valence-electron chi connectivity index (χ0n) is 16.9. The van der Waals surface area contributed by atoms with E-state index in [1.54, 1.807) is 15.9 Å². The highest BCUT2D eigenvalue weighted by molar-refractivity contribution is 8.00. The fourth-order valence-electron chi connectivity index (χ4n) is 3.65. The number of rotatable bonds is 6. The van der Waals surface area contributed by atoms with Crippen LogP contribution in [0.4, 0.5) is 5.69 Å². The first-order valence-corrected chi connectivity index (χ1v) is 11.7. The van der Waals surface area contributed by atoms with Gasteiger partial charge in [0.15, 0.2) is 5.16 Å². The highest BCUT2D eigenvalue weighted by Crippen LogP contribution is 2.36. The van der Waals surface area contributed by atoms with Crippen molar-refractivity contribution < 1.29 is 4.79 Å². The van der Waals surface area contributed by atoms with Crippen LogP contribution in [0.3, 0.4) is 0 Å². The normalized spacial score (nSPS) is 14.3. The first kappa shape index (κ1) is 20.2. The molecule has 29 heavy (non-hydrogen) atoms. The van der Waals surface area contributed by atoms with Crippen LogP contribution in [0.25, 0.3) is 10.2 Å². The molecule has 0 aliphatic heterocycles. The number of benzene rings is 1. The van der Waals surface area contributed by atoms with Crippen LogP contribution < -0.4 is 10.9 Å². The Morgan fingerprint density at radius 2 is 2.00 bits per heavy atom. The number of carbonyl (C=O) groups excluding carboxylic acids is 1. The van der Waals surface area contributed by atoms with Crippen LogP contribution >= 0.6 is 23.1 Å². The van der Waals surface area contributed by atoms with Crippen molar-refractivity contribution in [3.63, 3.8) is 0 Å². The molecule has 3 aromatic rings. The SMILES string of the molecule is CC(C)Cn1c(S[C@H](C)C(=O)Nc2ccccc2)nc2sc3c(c2c1=O)CCC3. The molecular formula is C22H25N3O2S2. The number of anilines is 1. The molecule has 0 saturated carbocycles. The van der Waals surface area contributed by atoms with Crippen molar-refractivity contribution in [3.05, 3.63) is 51.1 Å². The molecule has 5 nitrogen and oxygen atoms in total. The smallest absolute Gasteiger partial charge is 0.263 e. The van der Waals surface area contributed by atoms with Gasteiger partial charge in [-0.05, 0) is 49.8 Å². The summed E-state index contributed by atoms with van der Waals surface area (Å²) in [7, 11) is 0. The van der Waals surface area contributed by atoms with E-state index in [2.05, 4.69) is 19.2 Å². The van der Waals surface area contributed by atoms with Crippen LogP contribution in [0, 0.1) is 5.92 Å². The molecule has 0 bridgehead atoms. The van der Waals surface area contributed by atoms with Gasteiger partial charge in [-0.1, -0.05) is 43.8 Å². The Morgan fingerprint density at radius 3 is 2.72 bits per heavy atom. The Morgan fingerprint density at radius 1 is 1.24 bits per heavy atom. The van der Waals surface area contributed by atoms with Crippen LogP contribution in [0.1, 0.15) is 37.6 Å². The standard InChI is InChI=1S/C22H25N3O2S2/c1-13(2)12-25-21(27)18-16-10-7-11-17(16)29-20(18)24-22(25)28-14(3)19(26)23-15-8-5-4-6-9-15/h4-6,8-9,13-14H,7,10-12H2,1-3H3,(H,23,26)/t14-/m1/s1. The van der Waals surface area contributed by atoms with Crippen molar-refractivity contribution in [2.45, 2.75) is 57.0 Å². The summed E-state index contributed by atoms with van der Waals surface area (Å²) in [6, 6.07) is 9.41. The van der Waals surface area contributed by atoms with Gasteiger partial charge >= 0.3 is 0 Å². The fraction of sp³-hybridized carbons (Fsp3) is 0.409. The number of nitrogens with zero attached hydrogens (tertiary/aromatic N) is 2. The molecule has 0 fully saturated rings. The van der Waals surface area contributed by atoms with Crippen molar-refractivity contribution in [2.75, 3.05) is 5.32 Å². The largest absolute Gasteiger partial charge is 0.325 e. The lowest BCUT2D eigenvalue weighted by atomic mass is 10.2. The Balaban J connectivity index is 1.67. The van der Waals surface area contributed by atoms with Crippen LogP contribution in [0.5, 0.6) is 0 Å². The number of hydrogen-bond donors (Lipinski definition) is 1. The van der Waals surface area contributed by atoms with Crippen molar-refractivity contribution in [1.82, 2.24) is 9.55 Å². The monoisotopic (exact) mass is 427 g/mol. The number of amides is 1. The van der Waals surface area contributed by atoms with Gasteiger partial charge in [-0.15, -0.1) is 11.3 Å². The topological polar surface area (TPSA) is 64.0 Å². The van der Waals surface area contributed by atoms with E-state index >= 15 is 0 Å². The number of aryl methyl sites for hydroxylation is 2. The van der Waals surface area contributed by atoms with Crippen LogP contribution in [-0.2, 0) is 24.2 Å². The van der Waals surface area contributed by atoms with Crippen LogP contribution in [0.15, 0.2) is 40.3 Å². The van der Waals surface area contributed by atoms with Crippen molar-refractivity contribution in [1.29, 1.82) is 0 Å². The highest BCUT2D eigenvalue weighted by Gasteiger charge is 2.25. The number of fused-ring (bicyclic) bond motifs is 3. The van der Waals surface area contributed by atoms with E-state index in [0.717, 1.165) is 35.2 Å². The van der Waals surface area contributed by atoms with E-state index in [4.69, 9.17) is 4.98 Å². The van der Waals surface area contributed by atoms with E-state index < -0.39 is 0 Å². The third-order valence-corrected chi connectivity index (χ3v) is 7.31. The van der Waals surface area contributed by atoms with E-state index in [1.807, 2.05) is 37.3 Å². The molecule has 4 rings (SSSR count). The molecule has 1 aliphatic carbocycles. The van der Waals surface area contributed by atoms with Gasteiger partial charge < -0.3 is 5.32 Å². The number of para-hydroxylation sites is 1. The molecule has 1 atom stereocenters. The minimum absolute atomic E-state index is 0.0428. The third-order valence-electron chi connectivity index (χ3n) is 5.03. The summed E-state index contributed by atoms with van der Waals surface area (Å²) in [6.45, 7) is 6.64. The molecule has 0 radical (unpaired) electrons. The predicted octanol–water partition coefficient (Wildman–Crippen LogP) is 4.72. The Hall–Kier alpha value is -2.12. The number of hydrogen-bond acceptors (Lipinski definition) is 5. The zero-order chi connectivity index (χ0) is 20.5. The fourth-order valence-corrected chi connectivity index (χ4v) is 5.87. The average Bonchev–Trinajstić information content (AvgIpc) is 3.26. The molecule has 1 N–H and O–H groups in total. The van der Waals surface area contributed by atoms with Gasteiger partial charge in [-0.3, -0.25) is 14.2 Å². The van der Waals surface area contributed by atoms with Gasteiger partial charge in [-0.2, -0.15) is 0 Å². The van der Waals surface area contributed by atoms with E-state index in [0.29, 0.717) is 17.6 Å². The second kappa shape index (κ2) is 8.32. The number of thiophene rings is 1. The van der Waals surface area contributed by atoms with Gasteiger partial charge in [0.2, 0.25) is 5.91 Å². The van der Waals surface area contributed by atoms with Gasteiger partial charge in [0, 0.05) is 17.1 Å². The molecular weight excluding hydrogens is 402 g/mol. The lowest BCUT2D eigenvalue weighted by Gasteiger charge is -2.17. The molecule has 152 valence electrons. The summed E-state index contributed by atoms with van der Waals surface area (Å²) < 4.78 is 1.77. The summed E-state index contributed by atoms with van der Waals surface area (Å²) in [5.41, 5.74) is 2.01. The second-order valence-electron chi connectivity index (χ2n) is 7.86. The van der Waals surface area contributed by atoms with Crippen LogP contribution in [-0.4, -0.2) is 20.7 Å². The summed E-state index contributed by atoms with van der Waals surface area (Å²) in [5, 5.41) is 3.99. The summed E-state index contributed by atoms with van der Waals surface area (Å²) in [4.78, 5) is 33.0. The predicted molar refractivity (Wildman–Crippen MR) is 121 cm³/mol. The van der Waals surface area contributed by atoms with Crippen molar-refractivity contribution in [2.24, 2.45) is 5.92 Å². The number of carbonyl (C=O) groups is 1. The quantitative estimate of drug-likeness (QED) is 0.457. The maximum atomic E-state index is 13.4. The van der Waals surface area contributed by atoms with Crippen molar-refractivity contribution >= 4 is 44.9 Å². The first-order chi connectivity index (χ1) is 13.9. The maximum absolute atomic E-state index is 13.4. The molecule has 7 heteroatoms. The zero-order valence-corrected chi connectivity index (χ0v) is 18.5. The second-order valence-corrected chi connectivity index (χ2v) is 10.2. The first-order valence-electron chi connectivity index (χ1n) is 10.0. The van der Waals surface area contributed by atoms with Gasteiger partial charge in [-0.25, -0.2) is 4.98 Å². The highest BCUT2D eigenvalue weighted by atomic mass is 32.2. The molecule has 0 unspecified atom stereocenters. The lowest BCUT2D eigenvalue weighted by molar-refractivity contribution is -0.115. The third kappa shape index (κ3) is 4.12.